The van der Waals surface area contributed by atoms with E-state index in [4.69, 9.17) is 0 Å². The largest absolute Gasteiger partial charge is 0.356 e. The maximum absolute atomic E-state index is 12.0. The van der Waals surface area contributed by atoms with Gasteiger partial charge < -0.3 is 10.6 Å². The van der Waals surface area contributed by atoms with Crippen LogP contribution < -0.4 is 10.6 Å². The van der Waals surface area contributed by atoms with Crippen molar-refractivity contribution in [2.75, 3.05) is 19.6 Å². The lowest BCUT2D eigenvalue weighted by Gasteiger charge is -2.34. The number of benzene rings is 1. The Labute approximate surface area is 129 Å². The summed E-state index contributed by atoms with van der Waals surface area (Å²) in [5.41, 5.74) is 1.45. The first-order chi connectivity index (χ1) is 9.59. The quantitative estimate of drug-likeness (QED) is 0.866. The van der Waals surface area contributed by atoms with E-state index in [0.29, 0.717) is 6.42 Å². The highest BCUT2D eigenvalue weighted by atomic mass is 79.9. The molecule has 0 aliphatic carbocycles. The Morgan fingerprint density at radius 3 is 2.75 bits per heavy atom. The Hall–Kier alpha value is -0.870. The zero-order valence-corrected chi connectivity index (χ0v) is 13.6. The molecule has 0 radical (unpaired) electrons. The second-order valence-corrected chi connectivity index (χ2v) is 6.78. The van der Waals surface area contributed by atoms with E-state index in [9.17, 15) is 4.79 Å². The molecule has 0 spiro atoms. The van der Waals surface area contributed by atoms with Crippen molar-refractivity contribution in [2.45, 2.75) is 32.6 Å². The summed E-state index contributed by atoms with van der Waals surface area (Å²) in [6, 6.07) is 8.08. The summed E-state index contributed by atoms with van der Waals surface area (Å²) < 4.78 is 1.08. The van der Waals surface area contributed by atoms with Crippen molar-refractivity contribution in [3.8, 4) is 0 Å². The van der Waals surface area contributed by atoms with Crippen LogP contribution in [0.3, 0.4) is 0 Å². The molecule has 2 N–H and O–H groups in total. The van der Waals surface area contributed by atoms with Crippen LogP contribution in [-0.2, 0) is 11.2 Å². The van der Waals surface area contributed by atoms with Gasteiger partial charge in [0.25, 0.3) is 0 Å². The molecule has 0 unspecified atom stereocenters. The predicted molar refractivity (Wildman–Crippen MR) is 85.7 cm³/mol. The van der Waals surface area contributed by atoms with Crippen molar-refractivity contribution >= 4 is 21.8 Å². The highest BCUT2D eigenvalue weighted by molar-refractivity contribution is 9.10. The van der Waals surface area contributed by atoms with Gasteiger partial charge in [-0.05, 0) is 49.4 Å². The maximum atomic E-state index is 12.0. The van der Waals surface area contributed by atoms with Gasteiger partial charge in [-0.15, -0.1) is 0 Å². The molecule has 1 aromatic carbocycles. The van der Waals surface area contributed by atoms with Crippen LogP contribution in [0.4, 0.5) is 0 Å². The molecule has 0 saturated carbocycles. The Kier molecular flexibility index (Phi) is 5.61. The lowest BCUT2D eigenvalue weighted by atomic mass is 9.81. The number of aryl methyl sites for hydroxylation is 1. The van der Waals surface area contributed by atoms with E-state index in [0.717, 1.165) is 43.4 Å². The van der Waals surface area contributed by atoms with Crippen molar-refractivity contribution in [3.63, 3.8) is 0 Å². The zero-order chi connectivity index (χ0) is 14.4. The third kappa shape index (κ3) is 4.60. The first-order valence-corrected chi connectivity index (χ1v) is 8.09. The SMILES string of the molecule is CC1(CNC(=O)CCc2ccccc2Br)CCNCC1. The summed E-state index contributed by atoms with van der Waals surface area (Å²) in [5.74, 6) is 0.153. The normalized spacial score (nSPS) is 17.7. The van der Waals surface area contributed by atoms with Gasteiger partial charge in [-0.25, -0.2) is 0 Å². The van der Waals surface area contributed by atoms with E-state index in [-0.39, 0.29) is 11.3 Å². The summed E-state index contributed by atoms with van der Waals surface area (Å²) in [5, 5.41) is 6.46. The fourth-order valence-electron chi connectivity index (χ4n) is 2.56. The van der Waals surface area contributed by atoms with Crippen LogP contribution in [0, 0.1) is 5.41 Å². The summed E-state index contributed by atoms with van der Waals surface area (Å²) in [6.07, 6.45) is 3.61. The summed E-state index contributed by atoms with van der Waals surface area (Å²) in [4.78, 5) is 12.0. The Morgan fingerprint density at radius 1 is 1.35 bits per heavy atom. The molecular weight excluding hydrogens is 316 g/mol. The average Bonchev–Trinajstić information content (AvgIpc) is 2.45. The molecule has 1 saturated heterocycles. The van der Waals surface area contributed by atoms with Crippen molar-refractivity contribution in [1.29, 1.82) is 0 Å². The van der Waals surface area contributed by atoms with E-state index in [2.05, 4.69) is 39.6 Å². The minimum Gasteiger partial charge on any atom is -0.356 e. The number of hydrogen-bond donors (Lipinski definition) is 2. The van der Waals surface area contributed by atoms with Gasteiger partial charge in [-0.2, -0.15) is 0 Å². The van der Waals surface area contributed by atoms with Gasteiger partial charge >= 0.3 is 0 Å². The fraction of sp³-hybridized carbons (Fsp3) is 0.562. The van der Waals surface area contributed by atoms with Gasteiger partial charge in [-0.3, -0.25) is 4.79 Å². The smallest absolute Gasteiger partial charge is 0.220 e. The molecular formula is C16H23BrN2O. The van der Waals surface area contributed by atoms with Crippen molar-refractivity contribution in [3.05, 3.63) is 34.3 Å². The Balaban J connectivity index is 1.74. The number of nitrogens with one attached hydrogen (secondary N) is 2. The standard InChI is InChI=1S/C16H23BrN2O/c1-16(8-10-18-11-9-16)12-19-15(20)7-6-13-4-2-3-5-14(13)17/h2-5,18H,6-12H2,1H3,(H,19,20). The number of carbonyl (C=O) groups excluding carboxylic acids is 1. The van der Waals surface area contributed by atoms with Crippen molar-refractivity contribution in [2.24, 2.45) is 5.41 Å². The van der Waals surface area contributed by atoms with E-state index in [1.165, 1.54) is 5.56 Å². The predicted octanol–water partition coefficient (Wildman–Crippen LogP) is 2.89. The van der Waals surface area contributed by atoms with Crippen molar-refractivity contribution < 1.29 is 4.79 Å². The van der Waals surface area contributed by atoms with Gasteiger partial charge in [0.2, 0.25) is 5.91 Å². The number of carbonyl (C=O) groups is 1. The molecule has 3 nitrogen and oxygen atoms in total. The number of amides is 1. The van der Waals surface area contributed by atoms with Gasteiger partial charge in [0.1, 0.15) is 0 Å². The Morgan fingerprint density at radius 2 is 2.05 bits per heavy atom. The lowest BCUT2D eigenvalue weighted by molar-refractivity contribution is -0.121. The summed E-state index contributed by atoms with van der Waals surface area (Å²) in [6.45, 7) is 5.18. The number of hydrogen-bond acceptors (Lipinski definition) is 2. The van der Waals surface area contributed by atoms with Gasteiger partial charge in [0, 0.05) is 17.4 Å². The molecule has 1 aromatic rings. The molecule has 0 aromatic heterocycles. The van der Waals surface area contributed by atoms with Gasteiger partial charge in [-0.1, -0.05) is 41.1 Å². The molecule has 1 amide bonds. The maximum Gasteiger partial charge on any atom is 0.220 e. The van der Waals surface area contributed by atoms with E-state index >= 15 is 0 Å². The lowest BCUT2D eigenvalue weighted by Crippen LogP contribution is -2.42. The first kappa shape index (κ1) is 15.5. The molecule has 20 heavy (non-hydrogen) atoms. The number of rotatable bonds is 5. The summed E-state index contributed by atoms with van der Waals surface area (Å²) >= 11 is 3.52. The zero-order valence-electron chi connectivity index (χ0n) is 12.0. The second-order valence-electron chi connectivity index (χ2n) is 5.93. The average molecular weight is 339 g/mol. The monoisotopic (exact) mass is 338 g/mol. The minimum absolute atomic E-state index is 0.153. The van der Waals surface area contributed by atoms with Gasteiger partial charge in [0.15, 0.2) is 0 Å². The topological polar surface area (TPSA) is 41.1 Å². The highest BCUT2D eigenvalue weighted by Crippen LogP contribution is 2.26. The van der Waals surface area contributed by atoms with Gasteiger partial charge in [0.05, 0.1) is 0 Å². The van der Waals surface area contributed by atoms with Crippen LogP contribution in [0.15, 0.2) is 28.7 Å². The third-order valence-corrected chi connectivity index (χ3v) is 4.88. The van der Waals surface area contributed by atoms with Crippen LogP contribution >= 0.6 is 15.9 Å². The second kappa shape index (κ2) is 7.23. The molecule has 4 heteroatoms. The van der Waals surface area contributed by atoms with E-state index in [1.54, 1.807) is 0 Å². The molecule has 1 aliphatic heterocycles. The third-order valence-electron chi connectivity index (χ3n) is 4.10. The van der Waals surface area contributed by atoms with Crippen LogP contribution in [0.2, 0.25) is 0 Å². The molecule has 1 aliphatic rings. The first-order valence-electron chi connectivity index (χ1n) is 7.30. The van der Waals surface area contributed by atoms with Crippen LogP contribution in [0.5, 0.6) is 0 Å². The molecule has 1 fully saturated rings. The van der Waals surface area contributed by atoms with Crippen LogP contribution in [0.1, 0.15) is 31.7 Å². The minimum atomic E-state index is 0.153. The Bertz CT molecular complexity index is 456. The van der Waals surface area contributed by atoms with Crippen molar-refractivity contribution in [1.82, 2.24) is 10.6 Å². The van der Waals surface area contributed by atoms with E-state index < -0.39 is 0 Å². The molecule has 110 valence electrons. The molecule has 0 atom stereocenters. The van der Waals surface area contributed by atoms with Crippen LogP contribution in [0.25, 0.3) is 0 Å². The fourth-order valence-corrected chi connectivity index (χ4v) is 3.04. The number of piperidine rings is 1. The summed E-state index contributed by atoms with van der Waals surface area (Å²) in [7, 11) is 0. The molecule has 0 bridgehead atoms. The number of halogens is 1. The highest BCUT2D eigenvalue weighted by Gasteiger charge is 2.26. The van der Waals surface area contributed by atoms with Crippen LogP contribution in [-0.4, -0.2) is 25.5 Å². The molecule has 2 rings (SSSR count). The van der Waals surface area contributed by atoms with E-state index in [1.807, 2.05) is 18.2 Å². The molecule has 1 heterocycles.